The van der Waals surface area contributed by atoms with Crippen LogP contribution in [0.2, 0.25) is 5.02 Å². The minimum absolute atomic E-state index is 0.292. The number of aryl methyl sites for hydroxylation is 1. The van der Waals surface area contributed by atoms with Gasteiger partial charge in [-0.2, -0.15) is 0 Å². The molecule has 2 aromatic heterocycles. The normalized spacial score (nSPS) is 11.0. The number of amides is 1. The number of fused-ring (bicyclic) bond motifs is 1. The first-order valence-electron chi connectivity index (χ1n) is 7.34. The van der Waals surface area contributed by atoms with Crippen molar-refractivity contribution < 1.29 is 9.53 Å². The number of nitrogens with two attached hydrogens (primary N) is 1. The Labute approximate surface area is 162 Å². The van der Waals surface area contributed by atoms with E-state index in [-0.39, 0.29) is 5.91 Å². The second kappa shape index (κ2) is 7.29. The van der Waals surface area contributed by atoms with Crippen LogP contribution in [0.15, 0.2) is 28.7 Å². The summed E-state index contributed by atoms with van der Waals surface area (Å²) in [5.41, 5.74) is 9.03. The van der Waals surface area contributed by atoms with E-state index in [1.165, 1.54) is 11.3 Å². The Hall–Kier alpha value is -1.67. The fourth-order valence-electron chi connectivity index (χ4n) is 2.54. The molecule has 25 heavy (non-hydrogen) atoms. The summed E-state index contributed by atoms with van der Waals surface area (Å²) in [6.07, 6.45) is 0. The van der Waals surface area contributed by atoms with Gasteiger partial charge >= 0.3 is 0 Å². The van der Waals surface area contributed by atoms with Crippen LogP contribution in [-0.4, -0.2) is 18.0 Å². The molecule has 0 bridgehead atoms. The molecule has 0 unspecified atom stereocenters. The Balaban J connectivity index is 2.00. The van der Waals surface area contributed by atoms with E-state index in [0.29, 0.717) is 27.9 Å². The minimum atomic E-state index is -0.292. The number of nitrogens with one attached hydrogen (secondary N) is 1. The van der Waals surface area contributed by atoms with Gasteiger partial charge in [0.15, 0.2) is 0 Å². The summed E-state index contributed by atoms with van der Waals surface area (Å²) in [7, 11) is 1.62. The van der Waals surface area contributed by atoms with Gasteiger partial charge in [0.25, 0.3) is 5.91 Å². The first kappa shape index (κ1) is 18.1. The number of hydrogen-bond donors (Lipinski definition) is 2. The lowest BCUT2D eigenvalue weighted by Crippen LogP contribution is -2.12. The Morgan fingerprint density at radius 1 is 1.44 bits per heavy atom. The maximum atomic E-state index is 12.7. The number of carbonyl (C=O) groups is 1. The van der Waals surface area contributed by atoms with Gasteiger partial charge < -0.3 is 15.8 Å². The quantitative estimate of drug-likeness (QED) is 0.598. The van der Waals surface area contributed by atoms with Crippen LogP contribution in [0.4, 0.5) is 11.4 Å². The topological polar surface area (TPSA) is 77.2 Å². The molecule has 0 aliphatic carbocycles. The van der Waals surface area contributed by atoms with Crippen molar-refractivity contribution in [3.05, 3.63) is 49.9 Å². The van der Waals surface area contributed by atoms with Crippen molar-refractivity contribution in [1.82, 2.24) is 4.98 Å². The molecular weight excluding hydrogens is 426 g/mol. The molecule has 8 heteroatoms. The molecule has 0 atom stereocenters. The minimum Gasteiger partial charge on any atom is -0.397 e. The third-order valence-corrected chi connectivity index (χ3v) is 5.92. The molecule has 3 aromatic rings. The lowest BCUT2D eigenvalue weighted by atomic mass is 10.1. The number of methoxy groups -OCH3 is 1. The lowest BCUT2D eigenvalue weighted by molar-refractivity contribution is 0.103. The molecule has 5 nitrogen and oxygen atoms in total. The maximum Gasteiger partial charge on any atom is 0.267 e. The van der Waals surface area contributed by atoms with Crippen molar-refractivity contribution in [2.24, 2.45) is 0 Å². The number of nitrogens with zero attached hydrogens (tertiary/aromatic N) is 1. The highest BCUT2D eigenvalue weighted by atomic mass is 79.9. The number of pyridine rings is 1. The lowest BCUT2D eigenvalue weighted by Gasteiger charge is -2.06. The van der Waals surface area contributed by atoms with Crippen LogP contribution in [0.1, 0.15) is 20.9 Å². The molecule has 0 spiro atoms. The maximum absolute atomic E-state index is 12.7. The molecule has 1 amide bonds. The van der Waals surface area contributed by atoms with E-state index >= 15 is 0 Å². The summed E-state index contributed by atoms with van der Waals surface area (Å²) in [5, 5.41) is 4.11. The van der Waals surface area contributed by atoms with E-state index in [1.807, 2.05) is 13.0 Å². The molecule has 0 aliphatic rings. The van der Waals surface area contributed by atoms with Crippen molar-refractivity contribution >= 4 is 66.4 Å². The van der Waals surface area contributed by atoms with Crippen LogP contribution in [-0.2, 0) is 11.3 Å². The number of ether oxygens (including phenoxy) is 1. The van der Waals surface area contributed by atoms with Crippen molar-refractivity contribution in [1.29, 1.82) is 0 Å². The number of anilines is 2. The zero-order valence-electron chi connectivity index (χ0n) is 13.5. The number of rotatable bonds is 4. The van der Waals surface area contributed by atoms with Gasteiger partial charge in [0.05, 0.1) is 17.3 Å². The molecule has 1 aromatic carbocycles. The zero-order chi connectivity index (χ0) is 18.1. The molecule has 3 N–H and O–H groups in total. The van der Waals surface area contributed by atoms with Gasteiger partial charge in [-0.15, -0.1) is 11.3 Å². The first-order chi connectivity index (χ1) is 11.9. The van der Waals surface area contributed by atoms with Gasteiger partial charge in [-0.25, -0.2) is 4.98 Å². The number of thiophene rings is 1. The van der Waals surface area contributed by atoms with Crippen LogP contribution in [0.25, 0.3) is 10.2 Å². The number of halogens is 2. The van der Waals surface area contributed by atoms with E-state index < -0.39 is 0 Å². The zero-order valence-corrected chi connectivity index (χ0v) is 16.7. The Morgan fingerprint density at radius 2 is 2.20 bits per heavy atom. The van der Waals surface area contributed by atoms with Gasteiger partial charge in [0.1, 0.15) is 9.71 Å². The Bertz CT molecular complexity index is 974. The molecule has 0 aliphatic heterocycles. The summed E-state index contributed by atoms with van der Waals surface area (Å²) in [6.45, 7) is 2.31. The number of carbonyl (C=O) groups excluding carboxylic acids is 1. The smallest absolute Gasteiger partial charge is 0.267 e. The summed E-state index contributed by atoms with van der Waals surface area (Å²) in [6, 6.07) is 7.13. The molecule has 0 saturated carbocycles. The highest BCUT2D eigenvalue weighted by molar-refractivity contribution is 9.10. The average Bonchev–Trinajstić information content (AvgIpc) is 2.88. The van der Waals surface area contributed by atoms with Gasteiger partial charge in [0, 0.05) is 28.4 Å². The SMILES string of the molecule is COCc1cc(C)nc2sc(C(=O)Nc3ccc(Br)c(Cl)c3)c(N)c12. The highest BCUT2D eigenvalue weighted by Gasteiger charge is 2.20. The van der Waals surface area contributed by atoms with Crippen molar-refractivity contribution in [2.45, 2.75) is 13.5 Å². The summed E-state index contributed by atoms with van der Waals surface area (Å²) in [4.78, 5) is 18.3. The predicted octanol–water partition coefficient (Wildman–Crippen LogP) is 5.00. The van der Waals surface area contributed by atoms with Gasteiger partial charge in [0.2, 0.25) is 0 Å². The van der Waals surface area contributed by atoms with Crippen LogP contribution >= 0.6 is 38.9 Å². The molecule has 3 rings (SSSR count). The molecule has 2 heterocycles. The van der Waals surface area contributed by atoms with Crippen molar-refractivity contribution in [2.75, 3.05) is 18.2 Å². The molecule has 0 saturated heterocycles. The molecule has 130 valence electrons. The Kier molecular flexibility index (Phi) is 5.29. The average molecular weight is 441 g/mol. The predicted molar refractivity (Wildman–Crippen MR) is 107 cm³/mol. The Morgan fingerprint density at radius 3 is 2.88 bits per heavy atom. The second-order valence-electron chi connectivity index (χ2n) is 5.46. The van der Waals surface area contributed by atoms with Crippen LogP contribution in [0.5, 0.6) is 0 Å². The fraction of sp³-hybridized carbons (Fsp3) is 0.176. The summed E-state index contributed by atoms with van der Waals surface area (Å²) in [5.74, 6) is -0.292. The third-order valence-electron chi connectivity index (χ3n) is 3.59. The summed E-state index contributed by atoms with van der Waals surface area (Å²) < 4.78 is 6.00. The first-order valence-corrected chi connectivity index (χ1v) is 9.33. The largest absolute Gasteiger partial charge is 0.397 e. The van der Waals surface area contributed by atoms with E-state index in [4.69, 9.17) is 22.1 Å². The second-order valence-corrected chi connectivity index (χ2v) is 7.72. The number of benzene rings is 1. The standard InChI is InChI=1S/C17H15BrClN3O2S/c1-8-5-9(7-24-2)13-14(20)15(25-17(13)21-8)16(23)22-10-3-4-11(18)12(19)6-10/h3-6H,7,20H2,1-2H3,(H,22,23). The van der Waals surface area contributed by atoms with Crippen LogP contribution < -0.4 is 11.1 Å². The van der Waals surface area contributed by atoms with Gasteiger partial charge in [-0.3, -0.25) is 4.79 Å². The van der Waals surface area contributed by atoms with Gasteiger partial charge in [-0.1, -0.05) is 11.6 Å². The van der Waals surface area contributed by atoms with E-state index in [1.54, 1.807) is 25.3 Å². The van der Waals surface area contributed by atoms with Crippen molar-refractivity contribution in [3.8, 4) is 0 Å². The fourth-order valence-corrected chi connectivity index (χ4v) is 4.05. The number of aromatic nitrogens is 1. The third kappa shape index (κ3) is 3.64. The van der Waals surface area contributed by atoms with Crippen LogP contribution in [0, 0.1) is 6.92 Å². The van der Waals surface area contributed by atoms with Crippen molar-refractivity contribution in [3.63, 3.8) is 0 Å². The van der Waals surface area contributed by atoms with E-state index in [0.717, 1.165) is 25.9 Å². The molecule has 0 radical (unpaired) electrons. The van der Waals surface area contributed by atoms with E-state index in [9.17, 15) is 4.79 Å². The number of nitrogen functional groups attached to an aromatic ring is 1. The monoisotopic (exact) mass is 439 g/mol. The summed E-state index contributed by atoms with van der Waals surface area (Å²) >= 11 is 10.7. The molecular formula is C17H15BrClN3O2S. The number of hydrogen-bond acceptors (Lipinski definition) is 5. The van der Waals surface area contributed by atoms with Crippen LogP contribution in [0.3, 0.4) is 0 Å². The van der Waals surface area contributed by atoms with Gasteiger partial charge in [-0.05, 0) is 52.7 Å². The van der Waals surface area contributed by atoms with E-state index in [2.05, 4.69) is 26.2 Å². The highest BCUT2D eigenvalue weighted by Crippen LogP contribution is 2.36. The molecule has 0 fully saturated rings.